The lowest BCUT2D eigenvalue weighted by Gasteiger charge is -2.32. The van der Waals surface area contributed by atoms with Gasteiger partial charge < -0.3 is 14.3 Å². The van der Waals surface area contributed by atoms with E-state index in [1.807, 2.05) is 18.2 Å². The average molecular weight is 343 g/mol. The molecule has 1 unspecified atom stereocenters. The largest absolute Gasteiger partial charge is 0.337 e. The molecule has 7 nitrogen and oxygen atoms in total. The van der Waals surface area contributed by atoms with E-state index in [4.69, 9.17) is 4.52 Å². The molecule has 0 N–H and O–H groups in total. The summed E-state index contributed by atoms with van der Waals surface area (Å²) in [5.74, 6) is 0.975. The van der Waals surface area contributed by atoms with E-state index in [-0.39, 0.29) is 5.91 Å². The number of carbonyl (C=O) groups excluding carboxylic acids is 1. The van der Waals surface area contributed by atoms with Crippen LogP contribution >= 0.6 is 0 Å². The third-order valence-corrected chi connectivity index (χ3v) is 4.77. The van der Waals surface area contributed by atoms with Crippen LogP contribution in [0, 0.1) is 0 Å². The van der Waals surface area contributed by atoms with Crippen molar-refractivity contribution < 1.29 is 9.32 Å². The van der Waals surface area contributed by atoms with Crippen molar-refractivity contribution in [2.75, 3.05) is 20.6 Å². The molecule has 0 bridgehead atoms. The third kappa shape index (κ3) is 4.63. The molecule has 1 amide bonds. The van der Waals surface area contributed by atoms with Crippen molar-refractivity contribution in [3.05, 3.63) is 30.3 Å². The van der Waals surface area contributed by atoms with Crippen LogP contribution in [-0.2, 0) is 11.3 Å². The lowest BCUT2D eigenvalue weighted by Crippen LogP contribution is -2.37. The second-order valence-electron chi connectivity index (χ2n) is 6.65. The summed E-state index contributed by atoms with van der Waals surface area (Å²) < 4.78 is 5.25. The molecule has 134 valence electrons. The highest BCUT2D eigenvalue weighted by atomic mass is 16.5. The van der Waals surface area contributed by atoms with Gasteiger partial charge in [0.2, 0.25) is 17.6 Å². The van der Waals surface area contributed by atoms with Gasteiger partial charge in [0.1, 0.15) is 5.69 Å². The zero-order chi connectivity index (χ0) is 17.6. The van der Waals surface area contributed by atoms with Crippen molar-refractivity contribution in [2.24, 2.45) is 0 Å². The maximum Gasteiger partial charge on any atom is 0.246 e. The van der Waals surface area contributed by atoms with Crippen LogP contribution in [0.4, 0.5) is 0 Å². The van der Waals surface area contributed by atoms with E-state index in [0.717, 1.165) is 13.0 Å². The van der Waals surface area contributed by atoms with Gasteiger partial charge in [0.25, 0.3) is 0 Å². The molecule has 1 aliphatic heterocycles. The Bertz CT molecular complexity index is 688. The zero-order valence-electron chi connectivity index (χ0n) is 14.9. The fourth-order valence-corrected chi connectivity index (χ4v) is 3.20. The van der Waals surface area contributed by atoms with Gasteiger partial charge in [-0.05, 0) is 45.0 Å². The van der Waals surface area contributed by atoms with Crippen molar-refractivity contribution in [2.45, 2.75) is 44.7 Å². The lowest BCUT2D eigenvalue weighted by atomic mass is 9.98. The summed E-state index contributed by atoms with van der Waals surface area (Å²) in [5.41, 5.74) is 0.659. The van der Waals surface area contributed by atoms with Gasteiger partial charge in [0.15, 0.2) is 0 Å². The molecule has 0 aliphatic carbocycles. The van der Waals surface area contributed by atoms with E-state index in [1.165, 1.54) is 19.3 Å². The summed E-state index contributed by atoms with van der Waals surface area (Å²) in [5, 5.41) is 3.93. The number of amides is 1. The smallest absolute Gasteiger partial charge is 0.246 e. The topological polar surface area (TPSA) is 75.4 Å². The van der Waals surface area contributed by atoms with Crippen LogP contribution in [0.2, 0.25) is 0 Å². The van der Waals surface area contributed by atoms with Gasteiger partial charge in [-0.15, -0.1) is 0 Å². The highest BCUT2D eigenvalue weighted by molar-refractivity contribution is 5.75. The summed E-state index contributed by atoms with van der Waals surface area (Å²) >= 11 is 0. The molecule has 3 rings (SSSR count). The van der Waals surface area contributed by atoms with Gasteiger partial charge in [-0.1, -0.05) is 17.6 Å². The predicted octanol–water partition coefficient (Wildman–Crippen LogP) is 2.35. The molecule has 1 aliphatic rings. The second kappa shape index (κ2) is 8.20. The van der Waals surface area contributed by atoms with E-state index in [1.54, 1.807) is 18.1 Å². The average Bonchev–Trinajstić information content (AvgIpc) is 3.10. The Hall–Kier alpha value is -2.28. The van der Waals surface area contributed by atoms with Crippen LogP contribution in [0.5, 0.6) is 0 Å². The summed E-state index contributed by atoms with van der Waals surface area (Å²) in [7, 11) is 3.92. The van der Waals surface area contributed by atoms with Crippen LogP contribution in [0.3, 0.4) is 0 Å². The predicted molar refractivity (Wildman–Crippen MR) is 93.5 cm³/mol. The Balaban J connectivity index is 1.50. The third-order valence-electron chi connectivity index (χ3n) is 4.77. The molecule has 1 atom stereocenters. The quantitative estimate of drug-likeness (QED) is 0.801. The fourth-order valence-electron chi connectivity index (χ4n) is 3.20. The normalized spacial score (nSPS) is 18.2. The number of piperidine rings is 1. The first kappa shape index (κ1) is 17.5. The van der Waals surface area contributed by atoms with Crippen LogP contribution in [0.1, 0.15) is 38.0 Å². The highest BCUT2D eigenvalue weighted by Crippen LogP contribution is 2.19. The monoisotopic (exact) mass is 343 g/mol. The van der Waals surface area contributed by atoms with Crippen molar-refractivity contribution in [3.63, 3.8) is 0 Å². The Morgan fingerprint density at radius 1 is 1.40 bits per heavy atom. The van der Waals surface area contributed by atoms with Gasteiger partial charge in [0, 0.05) is 25.7 Å². The minimum Gasteiger partial charge on any atom is -0.337 e. The molecule has 2 aromatic rings. The first-order valence-electron chi connectivity index (χ1n) is 8.81. The fraction of sp³-hybridized carbons (Fsp3) is 0.556. The summed E-state index contributed by atoms with van der Waals surface area (Å²) in [6.45, 7) is 1.45. The molecule has 25 heavy (non-hydrogen) atoms. The number of aromatic nitrogens is 3. The lowest BCUT2D eigenvalue weighted by molar-refractivity contribution is -0.131. The van der Waals surface area contributed by atoms with E-state index in [9.17, 15) is 4.79 Å². The molecule has 1 saturated heterocycles. The van der Waals surface area contributed by atoms with Crippen LogP contribution < -0.4 is 0 Å². The number of rotatable bonds is 6. The Labute approximate surface area is 148 Å². The van der Waals surface area contributed by atoms with Gasteiger partial charge in [0.05, 0.1) is 6.54 Å². The molecule has 3 heterocycles. The van der Waals surface area contributed by atoms with E-state index in [2.05, 4.69) is 27.1 Å². The van der Waals surface area contributed by atoms with Gasteiger partial charge in [-0.25, -0.2) is 0 Å². The number of carbonyl (C=O) groups is 1. The first-order chi connectivity index (χ1) is 12.1. The van der Waals surface area contributed by atoms with Crippen LogP contribution in [-0.4, -0.2) is 57.5 Å². The summed E-state index contributed by atoms with van der Waals surface area (Å²) in [4.78, 5) is 24.9. The van der Waals surface area contributed by atoms with Crippen LogP contribution in [0.15, 0.2) is 28.9 Å². The Morgan fingerprint density at radius 2 is 2.28 bits per heavy atom. The van der Waals surface area contributed by atoms with Crippen molar-refractivity contribution >= 4 is 5.91 Å². The SMILES string of the molecule is CN(Cc1nc(-c2ccccn2)no1)C(=O)CCC1CCCCN1C. The van der Waals surface area contributed by atoms with Gasteiger partial charge in [-0.2, -0.15) is 4.98 Å². The molecular formula is C18H25N5O2. The van der Waals surface area contributed by atoms with Crippen molar-refractivity contribution in [1.29, 1.82) is 0 Å². The maximum absolute atomic E-state index is 12.4. The molecule has 0 spiro atoms. The summed E-state index contributed by atoms with van der Waals surface area (Å²) in [6.07, 6.45) is 6.84. The van der Waals surface area contributed by atoms with E-state index >= 15 is 0 Å². The van der Waals surface area contributed by atoms with Crippen LogP contribution in [0.25, 0.3) is 11.5 Å². The number of hydrogen-bond acceptors (Lipinski definition) is 6. The standard InChI is InChI=1S/C18H25N5O2/c1-22-12-6-4-7-14(22)9-10-17(24)23(2)13-16-20-18(21-25-16)15-8-3-5-11-19-15/h3,5,8,11,14H,4,6-7,9-10,12-13H2,1-2H3. The van der Waals surface area contributed by atoms with Gasteiger partial charge in [-0.3, -0.25) is 9.78 Å². The first-order valence-corrected chi connectivity index (χ1v) is 8.81. The van der Waals surface area contributed by atoms with Crippen molar-refractivity contribution in [3.8, 4) is 11.5 Å². The molecule has 0 aromatic carbocycles. The number of nitrogens with zero attached hydrogens (tertiary/aromatic N) is 5. The summed E-state index contributed by atoms with van der Waals surface area (Å²) in [6, 6.07) is 6.05. The zero-order valence-corrected chi connectivity index (χ0v) is 14.9. The number of hydrogen-bond donors (Lipinski definition) is 0. The van der Waals surface area contributed by atoms with Gasteiger partial charge >= 0.3 is 0 Å². The number of likely N-dealkylation sites (tertiary alicyclic amines) is 1. The Morgan fingerprint density at radius 3 is 3.04 bits per heavy atom. The highest BCUT2D eigenvalue weighted by Gasteiger charge is 2.21. The number of pyridine rings is 1. The Kier molecular flexibility index (Phi) is 5.75. The minimum absolute atomic E-state index is 0.108. The van der Waals surface area contributed by atoms with Crippen molar-refractivity contribution in [1.82, 2.24) is 24.9 Å². The molecule has 1 fully saturated rings. The van der Waals surface area contributed by atoms with E-state index < -0.39 is 0 Å². The molecule has 0 saturated carbocycles. The molecular weight excluding hydrogens is 318 g/mol. The molecule has 2 aromatic heterocycles. The van der Waals surface area contributed by atoms with E-state index in [0.29, 0.717) is 36.4 Å². The molecule has 0 radical (unpaired) electrons. The second-order valence-corrected chi connectivity index (χ2v) is 6.65. The minimum atomic E-state index is 0.108. The maximum atomic E-state index is 12.4. The molecule has 7 heteroatoms.